The molecule has 0 aliphatic carbocycles. The Morgan fingerprint density at radius 3 is 2.64 bits per heavy atom. The topological polar surface area (TPSA) is 72.4 Å². The maximum Gasteiger partial charge on any atom is 0.323 e. The number of urea groups is 1. The van der Waals surface area contributed by atoms with Crippen LogP contribution in [-0.2, 0) is 6.54 Å². The summed E-state index contributed by atoms with van der Waals surface area (Å²) in [5.74, 6) is 0.210. The number of pyridine rings is 1. The molecule has 1 aromatic heterocycles. The Labute approximate surface area is 161 Å². The Morgan fingerprint density at radius 2 is 1.89 bits per heavy atom. The number of nitrogens with zero attached hydrogens (tertiary/aromatic N) is 1. The van der Waals surface area contributed by atoms with Crippen LogP contribution in [0.15, 0.2) is 65.6 Å². The molecule has 7 heteroatoms. The molecule has 144 valence electrons. The smallest absolute Gasteiger partial charge is 0.323 e. The summed E-state index contributed by atoms with van der Waals surface area (Å²) in [5, 5.41) is 5.21. The van der Waals surface area contributed by atoms with E-state index in [-0.39, 0.29) is 18.0 Å². The Morgan fingerprint density at radius 1 is 1.11 bits per heavy atom. The molecule has 0 spiro atoms. The van der Waals surface area contributed by atoms with Gasteiger partial charge in [-0.25, -0.2) is 9.18 Å². The summed E-state index contributed by atoms with van der Waals surface area (Å²) < 4.78 is 20.4. The first-order valence-electron chi connectivity index (χ1n) is 8.63. The van der Waals surface area contributed by atoms with Crippen LogP contribution in [0.25, 0.3) is 0 Å². The van der Waals surface area contributed by atoms with E-state index in [1.165, 1.54) is 17.7 Å². The largest absolute Gasteiger partial charge is 0.497 e. The Balaban J connectivity index is 1.80. The fourth-order valence-electron chi connectivity index (χ4n) is 2.79. The number of ether oxygens (including phenoxy) is 1. The summed E-state index contributed by atoms with van der Waals surface area (Å²) in [5.41, 5.74) is 1.36. The molecular formula is C21H20FN3O3. The van der Waals surface area contributed by atoms with Crippen LogP contribution < -0.4 is 20.9 Å². The molecule has 1 heterocycles. The number of aromatic nitrogens is 1. The van der Waals surface area contributed by atoms with Gasteiger partial charge >= 0.3 is 6.03 Å². The highest BCUT2D eigenvalue weighted by Crippen LogP contribution is 2.17. The summed E-state index contributed by atoms with van der Waals surface area (Å²) in [7, 11) is 1.53. The monoisotopic (exact) mass is 381 g/mol. The van der Waals surface area contributed by atoms with Crippen LogP contribution in [-0.4, -0.2) is 17.7 Å². The molecule has 6 nitrogen and oxygen atoms in total. The first-order valence-corrected chi connectivity index (χ1v) is 8.63. The molecule has 3 rings (SSSR count). The van der Waals surface area contributed by atoms with Gasteiger partial charge < -0.3 is 19.9 Å². The fourth-order valence-corrected chi connectivity index (χ4v) is 2.79. The van der Waals surface area contributed by atoms with Crippen LogP contribution in [0.5, 0.6) is 5.75 Å². The molecule has 0 aliphatic heterocycles. The van der Waals surface area contributed by atoms with E-state index in [2.05, 4.69) is 10.6 Å². The van der Waals surface area contributed by atoms with Crippen molar-refractivity contribution < 1.29 is 13.9 Å². The Bertz CT molecular complexity index is 1060. The van der Waals surface area contributed by atoms with Crippen molar-refractivity contribution >= 4 is 17.4 Å². The number of hydrogen-bond acceptors (Lipinski definition) is 3. The van der Waals surface area contributed by atoms with Gasteiger partial charge in [0, 0.05) is 23.5 Å². The number of anilines is 2. The van der Waals surface area contributed by atoms with Crippen molar-refractivity contribution in [2.45, 2.75) is 13.5 Å². The van der Waals surface area contributed by atoms with Crippen LogP contribution >= 0.6 is 0 Å². The average Bonchev–Trinajstić information content (AvgIpc) is 2.67. The summed E-state index contributed by atoms with van der Waals surface area (Å²) in [6.07, 6.45) is 1.62. The SMILES string of the molecule is COc1cccc(NC(=O)Nc2cc(C)cn(Cc3ccccc3F)c2=O)c1. The van der Waals surface area contributed by atoms with Gasteiger partial charge in [-0.05, 0) is 36.8 Å². The van der Waals surface area contributed by atoms with Gasteiger partial charge in [-0.2, -0.15) is 0 Å². The average molecular weight is 381 g/mol. The number of rotatable bonds is 5. The number of halogens is 1. The predicted molar refractivity (Wildman–Crippen MR) is 107 cm³/mol. The minimum absolute atomic E-state index is 0.0688. The zero-order chi connectivity index (χ0) is 20.1. The minimum atomic E-state index is -0.562. The van der Waals surface area contributed by atoms with Gasteiger partial charge in [-0.3, -0.25) is 4.79 Å². The lowest BCUT2D eigenvalue weighted by atomic mass is 10.2. The lowest BCUT2D eigenvalue weighted by molar-refractivity contribution is 0.262. The number of carbonyl (C=O) groups excluding carboxylic acids is 1. The van der Waals surface area contributed by atoms with E-state index >= 15 is 0 Å². The summed E-state index contributed by atoms with van der Waals surface area (Å²) in [4.78, 5) is 25.0. The quantitative estimate of drug-likeness (QED) is 0.702. The first-order chi connectivity index (χ1) is 13.5. The van der Waals surface area contributed by atoms with Gasteiger partial charge in [0.1, 0.15) is 17.3 Å². The molecule has 2 aromatic carbocycles. The highest BCUT2D eigenvalue weighted by molar-refractivity contribution is 5.99. The van der Waals surface area contributed by atoms with Crippen LogP contribution in [0.1, 0.15) is 11.1 Å². The van der Waals surface area contributed by atoms with E-state index in [0.717, 1.165) is 5.56 Å². The third-order valence-corrected chi connectivity index (χ3v) is 4.10. The maximum absolute atomic E-state index is 13.9. The van der Waals surface area contributed by atoms with Crippen molar-refractivity contribution in [2.24, 2.45) is 0 Å². The van der Waals surface area contributed by atoms with Gasteiger partial charge in [0.05, 0.1) is 13.7 Å². The highest BCUT2D eigenvalue weighted by atomic mass is 19.1. The number of aryl methyl sites for hydroxylation is 1. The molecule has 0 bridgehead atoms. The lowest BCUT2D eigenvalue weighted by Gasteiger charge is -2.12. The predicted octanol–water partition coefficient (Wildman–Crippen LogP) is 4.00. The van der Waals surface area contributed by atoms with Gasteiger partial charge in [0.15, 0.2) is 0 Å². The van der Waals surface area contributed by atoms with Crippen molar-refractivity contribution in [3.05, 3.63) is 88.1 Å². The van der Waals surface area contributed by atoms with Crippen molar-refractivity contribution in [1.82, 2.24) is 4.57 Å². The molecule has 2 N–H and O–H groups in total. The normalized spacial score (nSPS) is 10.4. The van der Waals surface area contributed by atoms with Gasteiger partial charge in [-0.1, -0.05) is 24.3 Å². The van der Waals surface area contributed by atoms with E-state index in [0.29, 0.717) is 17.0 Å². The molecule has 3 aromatic rings. The van der Waals surface area contributed by atoms with Crippen LogP contribution in [0.2, 0.25) is 0 Å². The molecular weight excluding hydrogens is 361 g/mol. The van der Waals surface area contributed by atoms with Crippen LogP contribution in [0.4, 0.5) is 20.6 Å². The number of methoxy groups -OCH3 is 1. The van der Waals surface area contributed by atoms with E-state index in [9.17, 15) is 14.0 Å². The molecule has 2 amide bonds. The van der Waals surface area contributed by atoms with Crippen molar-refractivity contribution in [3.63, 3.8) is 0 Å². The molecule has 0 atom stereocenters. The third kappa shape index (κ3) is 4.56. The number of amides is 2. The zero-order valence-electron chi connectivity index (χ0n) is 15.5. The molecule has 0 saturated carbocycles. The number of benzene rings is 2. The Kier molecular flexibility index (Phi) is 5.74. The third-order valence-electron chi connectivity index (χ3n) is 4.10. The first kappa shape index (κ1) is 19.2. The lowest BCUT2D eigenvalue weighted by Crippen LogP contribution is -2.28. The van der Waals surface area contributed by atoms with Crippen molar-refractivity contribution in [3.8, 4) is 5.75 Å². The van der Waals surface area contributed by atoms with E-state index < -0.39 is 11.6 Å². The standard InChI is InChI=1S/C21H20FN3O3/c1-14-10-19(24-21(27)23-16-7-5-8-17(11-16)28-2)20(26)25(12-14)13-15-6-3-4-9-18(15)22/h3-12H,13H2,1-2H3,(H2,23,24,27). The van der Waals surface area contributed by atoms with Crippen molar-refractivity contribution in [1.29, 1.82) is 0 Å². The minimum Gasteiger partial charge on any atom is -0.497 e. The summed E-state index contributed by atoms with van der Waals surface area (Å²) in [6, 6.07) is 14.1. The second kappa shape index (κ2) is 8.39. The highest BCUT2D eigenvalue weighted by Gasteiger charge is 2.11. The second-order valence-corrected chi connectivity index (χ2v) is 6.27. The number of hydrogen-bond donors (Lipinski definition) is 2. The molecule has 28 heavy (non-hydrogen) atoms. The van der Waals surface area contributed by atoms with Gasteiger partial charge in [-0.15, -0.1) is 0 Å². The van der Waals surface area contributed by atoms with Crippen LogP contribution in [0, 0.1) is 12.7 Å². The van der Waals surface area contributed by atoms with Crippen molar-refractivity contribution in [2.75, 3.05) is 17.7 Å². The van der Waals surface area contributed by atoms with Gasteiger partial charge in [0.2, 0.25) is 0 Å². The second-order valence-electron chi connectivity index (χ2n) is 6.27. The Hall–Kier alpha value is -3.61. The molecule has 0 saturated heterocycles. The summed E-state index contributed by atoms with van der Waals surface area (Å²) in [6.45, 7) is 1.86. The zero-order valence-corrected chi connectivity index (χ0v) is 15.5. The van der Waals surface area contributed by atoms with E-state index in [1.54, 1.807) is 61.7 Å². The fraction of sp³-hybridized carbons (Fsp3) is 0.143. The molecule has 0 aliphatic rings. The molecule has 0 fully saturated rings. The number of carbonyl (C=O) groups is 1. The van der Waals surface area contributed by atoms with Gasteiger partial charge in [0.25, 0.3) is 5.56 Å². The maximum atomic E-state index is 13.9. The summed E-state index contributed by atoms with van der Waals surface area (Å²) >= 11 is 0. The molecule has 0 unspecified atom stereocenters. The molecule has 0 radical (unpaired) electrons. The number of nitrogens with one attached hydrogen (secondary N) is 2. The van der Waals surface area contributed by atoms with E-state index in [4.69, 9.17) is 4.74 Å². The van der Waals surface area contributed by atoms with E-state index in [1.807, 2.05) is 0 Å². The van der Waals surface area contributed by atoms with Crippen LogP contribution in [0.3, 0.4) is 0 Å².